The largest absolute Gasteiger partial charge is 0.352 e. The molecule has 6 nitrogen and oxygen atoms in total. The summed E-state index contributed by atoms with van der Waals surface area (Å²) < 4.78 is 40.2. The fourth-order valence-corrected chi connectivity index (χ4v) is 4.76. The van der Waals surface area contributed by atoms with Crippen LogP contribution < -0.4 is 4.90 Å². The van der Waals surface area contributed by atoms with Gasteiger partial charge in [0.1, 0.15) is 5.82 Å². The van der Waals surface area contributed by atoms with Crippen molar-refractivity contribution in [3.63, 3.8) is 0 Å². The van der Waals surface area contributed by atoms with Crippen LogP contribution in [0.2, 0.25) is 0 Å². The van der Waals surface area contributed by atoms with Crippen molar-refractivity contribution in [2.75, 3.05) is 31.1 Å². The first-order chi connectivity index (χ1) is 13.9. The Morgan fingerprint density at radius 3 is 2.24 bits per heavy atom. The van der Waals surface area contributed by atoms with E-state index in [4.69, 9.17) is 0 Å². The van der Waals surface area contributed by atoms with E-state index in [1.807, 2.05) is 48.2 Å². The van der Waals surface area contributed by atoms with Crippen molar-refractivity contribution in [3.05, 3.63) is 72.0 Å². The Balaban J connectivity index is 1.43. The third-order valence-corrected chi connectivity index (χ3v) is 6.89. The summed E-state index contributed by atoms with van der Waals surface area (Å²) in [5.41, 5.74) is 2.98. The summed E-state index contributed by atoms with van der Waals surface area (Å²) in [6, 6.07) is 17.0. The molecule has 0 unspecified atom stereocenters. The Morgan fingerprint density at radius 2 is 1.62 bits per heavy atom. The molecule has 0 atom stereocenters. The van der Waals surface area contributed by atoms with Gasteiger partial charge in [-0.25, -0.2) is 12.8 Å². The Labute approximate surface area is 169 Å². The van der Waals surface area contributed by atoms with Crippen LogP contribution in [0.15, 0.2) is 65.6 Å². The Morgan fingerprint density at radius 1 is 0.897 bits per heavy atom. The number of hydrogen-bond acceptors (Lipinski definition) is 5. The van der Waals surface area contributed by atoms with E-state index >= 15 is 0 Å². The highest BCUT2D eigenvalue weighted by atomic mass is 32.2. The molecule has 0 saturated carbocycles. The van der Waals surface area contributed by atoms with Crippen LogP contribution in [0.5, 0.6) is 0 Å². The van der Waals surface area contributed by atoms with Crippen LogP contribution in [0.4, 0.5) is 10.2 Å². The molecule has 8 heteroatoms. The smallest absolute Gasteiger partial charge is 0.243 e. The third-order valence-electron chi connectivity index (χ3n) is 4.99. The van der Waals surface area contributed by atoms with Gasteiger partial charge in [0, 0.05) is 31.7 Å². The number of benzene rings is 2. The molecule has 1 aliphatic rings. The van der Waals surface area contributed by atoms with E-state index in [2.05, 4.69) is 10.2 Å². The normalized spacial score (nSPS) is 15.4. The van der Waals surface area contributed by atoms with Crippen LogP contribution in [0.3, 0.4) is 0 Å². The average Bonchev–Trinajstić information content (AvgIpc) is 2.74. The molecule has 1 fully saturated rings. The number of piperazine rings is 1. The Hall–Kier alpha value is -2.84. The maximum absolute atomic E-state index is 13.4. The van der Waals surface area contributed by atoms with Crippen molar-refractivity contribution in [2.45, 2.75) is 11.8 Å². The summed E-state index contributed by atoms with van der Waals surface area (Å²) in [7, 11) is -3.71. The SMILES string of the molecule is Cc1ccc(-c2ccc(N3CCN(S(=O)(=O)c4cccc(F)c4)CC3)nn2)cc1. The molecule has 0 N–H and O–H groups in total. The molecule has 1 saturated heterocycles. The highest BCUT2D eigenvalue weighted by Gasteiger charge is 2.29. The quantitative estimate of drug-likeness (QED) is 0.659. The number of anilines is 1. The minimum atomic E-state index is -3.71. The van der Waals surface area contributed by atoms with Crippen LogP contribution in [0.25, 0.3) is 11.3 Å². The molecular formula is C21H21FN4O2S. The van der Waals surface area contributed by atoms with Gasteiger partial charge in [0.05, 0.1) is 10.6 Å². The van der Waals surface area contributed by atoms with E-state index in [1.165, 1.54) is 28.1 Å². The lowest BCUT2D eigenvalue weighted by molar-refractivity contribution is 0.383. The van der Waals surface area contributed by atoms with Gasteiger partial charge >= 0.3 is 0 Å². The molecular weight excluding hydrogens is 391 g/mol. The Kier molecular flexibility index (Phi) is 5.29. The molecule has 3 aromatic rings. The summed E-state index contributed by atoms with van der Waals surface area (Å²) in [6.45, 7) is 3.63. The molecule has 4 rings (SSSR count). The van der Waals surface area contributed by atoms with Crippen LogP contribution in [-0.2, 0) is 10.0 Å². The maximum Gasteiger partial charge on any atom is 0.243 e. The summed E-state index contributed by atoms with van der Waals surface area (Å²) >= 11 is 0. The lowest BCUT2D eigenvalue weighted by Gasteiger charge is -2.34. The van der Waals surface area contributed by atoms with E-state index < -0.39 is 15.8 Å². The molecule has 0 radical (unpaired) electrons. The maximum atomic E-state index is 13.4. The average molecular weight is 412 g/mol. The van der Waals surface area contributed by atoms with Gasteiger partial charge in [-0.15, -0.1) is 10.2 Å². The number of aryl methyl sites for hydroxylation is 1. The van der Waals surface area contributed by atoms with E-state index in [0.29, 0.717) is 32.0 Å². The lowest BCUT2D eigenvalue weighted by atomic mass is 10.1. The summed E-state index contributed by atoms with van der Waals surface area (Å²) in [5.74, 6) is 0.150. The van der Waals surface area contributed by atoms with Gasteiger partial charge < -0.3 is 4.90 Å². The number of aromatic nitrogens is 2. The second-order valence-electron chi connectivity index (χ2n) is 6.99. The Bertz CT molecular complexity index is 1090. The molecule has 0 aliphatic carbocycles. The molecule has 29 heavy (non-hydrogen) atoms. The first-order valence-electron chi connectivity index (χ1n) is 9.35. The van der Waals surface area contributed by atoms with Gasteiger partial charge in [-0.2, -0.15) is 4.31 Å². The van der Waals surface area contributed by atoms with E-state index in [0.717, 1.165) is 17.3 Å². The van der Waals surface area contributed by atoms with Gasteiger partial charge in [0.2, 0.25) is 10.0 Å². The fraction of sp³-hybridized carbons (Fsp3) is 0.238. The second kappa shape index (κ2) is 7.88. The number of halogens is 1. The second-order valence-corrected chi connectivity index (χ2v) is 8.93. The number of nitrogens with zero attached hydrogens (tertiary/aromatic N) is 4. The van der Waals surface area contributed by atoms with Crippen LogP contribution >= 0.6 is 0 Å². The van der Waals surface area contributed by atoms with E-state index in [1.54, 1.807) is 0 Å². The fourth-order valence-electron chi connectivity index (χ4n) is 3.31. The van der Waals surface area contributed by atoms with Crippen molar-refractivity contribution in [3.8, 4) is 11.3 Å². The van der Waals surface area contributed by atoms with Gasteiger partial charge in [-0.05, 0) is 37.3 Å². The van der Waals surface area contributed by atoms with Gasteiger partial charge in [-0.3, -0.25) is 0 Å². The highest BCUT2D eigenvalue weighted by molar-refractivity contribution is 7.89. The third kappa shape index (κ3) is 4.13. The van der Waals surface area contributed by atoms with Crippen molar-refractivity contribution >= 4 is 15.8 Å². The minimum absolute atomic E-state index is 0.0202. The first kappa shape index (κ1) is 19.5. The predicted molar refractivity (Wildman–Crippen MR) is 110 cm³/mol. The van der Waals surface area contributed by atoms with Gasteiger partial charge in [0.15, 0.2) is 5.82 Å². The molecule has 0 amide bonds. The highest BCUT2D eigenvalue weighted by Crippen LogP contribution is 2.22. The zero-order chi connectivity index (χ0) is 20.4. The number of rotatable bonds is 4. The minimum Gasteiger partial charge on any atom is -0.352 e. The number of hydrogen-bond donors (Lipinski definition) is 0. The molecule has 1 aromatic heterocycles. The molecule has 150 valence electrons. The van der Waals surface area contributed by atoms with E-state index in [-0.39, 0.29) is 4.90 Å². The lowest BCUT2D eigenvalue weighted by Crippen LogP contribution is -2.49. The van der Waals surface area contributed by atoms with Gasteiger partial charge in [0.25, 0.3) is 0 Å². The number of sulfonamides is 1. The van der Waals surface area contributed by atoms with Crippen LogP contribution in [0, 0.1) is 12.7 Å². The zero-order valence-corrected chi connectivity index (χ0v) is 16.8. The summed E-state index contributed by atoms with van der Waals surface area (Å²) in [5, 5.41) is 8.63. The van der Waals surface area contributed by atoms with Gasteiger partial charge in [-0.1, -0.05) is 35.9 Å². The zero-order valence-electron chi connectivity index (χ0n) is 16.0. The van der Waals surface area contributed by atoms with Crippen molar-refractivity contribution in [2.24, 2.45) is 0 Å². The molecule has 2 aromatic carbocycles. The predicted octanol–water partition coefficient (Wildman–Crippen LogP) is 3.10. The van der Waals surface area contributed by atoms with E-state index in [9.17, 15) is 12.8 Å². The molecule has 0 spiro atoms. The molecule has 0 bridgehead atoms. The van der Waals surface area contributed by atoms with Crippen molar-refractivity contribution in [1.82, 2.24) is 14.5 Å². The van der Waals surface area contributed by atoms with Crippen LogP contribution in [0.1, 0.15) is 5.56 Å². The van der Waals surface area contributed by atoms with Crippen molar-refractivity contribution in [1.29, 1.82) is 0 Å². The molecule has 1 aliphatic heterocycles. The van der Waals surface area contributed by atoms with Crippen LogP contribution in [-0.4, -0.2) is 49.1 Å². The topological polar surface area (TPSA) is 66.4 Å². The summed E-state index contributed by atoms with van der Waals surface area (Å²) in [6.07, 6.45) is 0. The summed E-state index contributed by atoms with van der Waals surface area (Å²) in [4.78, 5) is 1.98. The first-order valence-corrected chi connectivity index (χ1v) is 10.8. The molecule has 2 heterocycles. The monoisotopic (exact) mass is 412 g/mol. The van der Waals surface area contributed by atoms with Crippen molar-refractivity contribution < 1.29 is 12.8 Å². The standard InChI is InChI=1S/C21H21FN4O2S/c1-16-5-7-17(8-6-16)20-9-10-21(24-23-20)25-11-13-26(14-12-25)29(27,28)19-4-2-3-18(22)15-19/h2-10,15H,11-14H2,1H3.